The molecule has 0 bridgehead atoms. The van der Waals surface area contributed by atoms with Crippen molar-refractivity contribution < 1.29 is 9.53 Å². The Balaban J connectivity index is 2.13. The van der Waals surface area contributed by atoms with Gasteiger partial charge in [-0.15, -0.1) is 0 Å². The second kappa shape index (κ2) is 3.26. The van der Waals surface area contributed by atoms with Crippen molar-refractivity contribution >= 4 is 6.29 Å². The van der Waals surface area contributed by atoms with E-state index in [4.69, 9.17) is 4.74 Å². The maximum absolute atomic E-state index is 10.9. The maximum atomic E-state index is 10.9. The highest BCUT2D eigenvalue weighted by Gasteiger charge is 2.39. The molecule has 0 radical (unpaired) electrons. The van der Waals surface area contributed by atoms with Gasteiger partial charge in [0.1, 0.15) is 6.29 Å². The first kappa shape index (κ1) is 8.95. The molecule has 3 atom stereocenters. The topological polar surface area (TPSA) is 29.6 Å². The van der Waals surface area contributed by atoms with E-state index >= 15 is 0 Å². The van der Waals surface area contributed by atoms with Crippen LogP contribution < -0.4 is 0 Å². The predicted molar refractivity (Wildman–Crippen MR) is 50.4 cm³/mol. The van der Waals surface area contributed by atoms with Crippen molar-refractivity contribution in [3.8, 4) is 0 Å². The largest absolute Gasteiger partial charge is 0.373 e. The van der Waals surface area contributed by atoms with Crippen LogP contribution in [0.5, 0.6) is 0 Å². The highest BCUT2D eigenvalue weighted by atomic mass is 16.6. The van der Waals surface area contributed by atoms with Gasteiger partial charge >= 0.3 is 0 Å². The molecule has 1 aliphatic heterocycles. The van der Waals surface area contributed by atoms with Gasteiger partial charge in [-0.1, -0.05) is 11.1 Å². The molecule has 0 N–H and O–H groups in total. The second-order valence-electron chi connectivity index (χ2n) is 4.30. The van der Waals surface area contributed by atoms with Crippen LogP contribution >= 0.6 is 0 Å². The maximum Gasteiger partial charge on any atom is 0.123 e. The zero-order valence-corrected chi connectivity index (χ0v) is 8.25. The van der Waals surface area contributed by atoms with Crippen molar-refractivity contribution in [2.75, 3.05) is 6.61 Å². The molecule has 1 unspecified atom stereocenters. The fourth-order valence-corrected chi connectivity index (χ4v) is 2.22. The van der Waals surface area contributed by atoms with Crippen LogP contribution in [0.2, 0.25) is 0 Å². The average Bonchev–Trinajstić information content (AvgIpc) is 2.92. The van der Waals surface area contributed by atoms with E-state index in [2.05, 4.69) is 13.8 Å². The summed E-state index contributed by atoms with van der Waals surface area (Å²) >= 11 is 0. The summed E-state index contributed by atoms with van der Waals surface area (Å²) in [5, 5.41) is 0. The highest BCUT2D eigenvalue weighted by molar-refractivity contribution is 5.56. The summed E-state index contributed by atoms with van der Waals surface area (Å²) in [7, 11) is 0. The molecule has 2 nitrogen and oxygen atoms in total. The Morgan fingerprint density at radius 3 is 2.46 bits per heavy atom. The van der Waals surface area contributed by atoms with Gasteiger partial charge in [0, 0.05) is 11.8 Å². The molecule has 2 aliphatic rings. The number of allylic oxidation sites excluding steroid dienone is 2. The third-order valence-electron chi connectivity index (χ3n) is 3.37. The molecule has 13 heavy (non-hydrogen) atoms. The van der Waals surface area contributed by atoms with Crippen LogP contribution in [-0.2, 0) is 9.53 Å². The summed E-state index contributed by atoms with van der Waals surface area (Å²) in [5.41, 5.74) is 2.85. The van der Waals surface area contributed by atoms with Crippen LogP contribution in [-0.4, -0.2) is 19.0 Å². The van der Waals surface area contributed by atoms with Gasteiger partial charge in [-0.3, -0.25) is 0 Å². The van der Waals surface area contributed by atoms with Crippen LogP contribution in [0.25, 0.3) is 0 Å². The van der Waals surface area contributed by atoms with E-state index in [1.807, 2.05) is 0 Å². The molecule has 0 aromatic rings. The molecule has 2 rings (SSSR count). The van der Waals surface area contributed by atoms with E-state index in [0.29, 0.717) is 12.0 Å². The first-order valence-electron chi connectivity index (χ1n) is 4.94. The smallest absolute Gasteiger partial charge is 0.123 e. The molecule has 2 heteroatoms. The fraction of sp³-hybridized carbons (Fsp3) is 0.727. The van der Waals surface area contributed by atoms with Gasteiger partial charge in [-0.25, -0.2) is 0 Å². The third kappa shape index (κ3) is 1.68. The van der Waals surface area contributed by atoms with E-state index in [1.165, 1.54) is 11.1 Å². The average molecular weight is 180 g/mol. The molecule has 0 amide bonds. The first-order chi connectivity index (χ1) is 6.22. The van der Waals surface area contributed by atoms with Crippen molar-refractivity contribution in [1.82, 2.24) is 0 Å². The molecule has 1 fully saturated rings. The van der Waals surface area contributed by atoms with E-state index in [-0.39, 0.29) is 5.92 Å². The molecule has 1 aliphatic carbocycles. The van der Waals surface area contributed by atoms with Crippen LogP contribution in [0.3, 0.4) is 0 Å². The molecule has 0 aromatic carbocycles. The molecule has 0 saturated carbocycles. The Morgan fingerprint density at radius 2 is 1.92 bits per heavy atom. The highest BCUT2D eigenvalue weighted by Crippen LogP contribution is 2.39. The van der Waals surface area contributed by atoms with E-state index in [9.17, 15) is 4.79 Å². The Bertz CT molecular complexity index is 251. The number of carbonyl (C=O) groups excluding carboxylic acids is 1. The van der Waals surface area contributed by atoms with Gasteiger partial charge in [-0.05, 0) is 26.7 Å². The molecule has 0 spiro atoms. The predicted octanol–water partition coefficient (Wildman–Crippen LogP) is 1.95. The molecular weight excluding hydrogens is 164 g/mol. The molecule has 72 valence electrons. The first-order valence-corrected chi connectivity index (χ1v) is 4.94. The summed E-state index contributed by atoms with van der Waals surface area (Å²) in [6.07, 6.45) is 3.49. The van der Waals surface area contributed by atoms with Gasteiger partial charge in [0.15, 0.2) is 0 Å². The zero-order chi connectivity index (χ0) is 9.42. The van der Waals surface area contributed by atoms with Gasteiger partial charge in [0.2, 0.25) is 0 Å². The quantitative estimate of drug-likeness (QED) is 0.369. The van der Waals surface area contributed by atoms with Crippen molar-refractivity contribution in [3.05, 3.63) is 11.1 Å². The fourth-order valence-electron chi connectivity index (χ4n) is 2.22. The number of epoxide rings is 1. The summed E-state index contributed by atoms with van der Waals surface area (Å²) in [6.45, 7) is 5.17. The monoisotopic (exact) mass is 180 g/mol. The Labute approximate surface area is 79.0 Å². The zero-order valence-electron chi connectivity index (χ0n) is 8.25. The number of carbonyl (C=O) groups is 1. The summed E-state index contributed by atoms with van der Waals surface area (Å²) in [5.74, 6) is 0.664. The molecule has 1 saturated heterocycles. The van der Waals surface area contributed by atoms with Crippen molar-refractivity contribution in [2.45, 2.75) is 32.8 Å². The lowest BCUT2D eigenvalue weighted by Crippen LogP contribution is -2.26. The number of ether oxygens (including phenoxy) is 1. The van der Waals surface area contributed by atoms with Gasteiger partial charge in [-0.2, -0.15) is 0 Å². The van der Waals surface area contributed by atoms with Gasteiger partial charge < -0.3 is 9.53 Å². The lowest BCUT2D eigenvalue weighted by molar-refractivity contribution is -0.113. The number of rotatable bonds is 2. The van der Waals surface area contributed by atoms with Crippen LogP contribution in [0.1, 0.15) is 26.7 Å². The van der Waals surface area contributed by atoms with E-state index < -0.39 is 0 Å². The lowest BCUT2D eigenvalue weighted by Gasteiger charge is -2.28. The third-order valence-corrected chi connectivity index (χ3v) is 3.37. The van der Waals surface area contributed by atoms with Crippen LogP contribution in [0.4, 0.5) is 0 Å². The Kier molecular flexibility index (Phi) is 2.24. The Morgan fingerprint density at radius 1 is 1.31 bits per heavy atom. The molecule has 1 heterocycles. The summed E-state index contributed by atoms with van der Waals surface area (Å²) in [4.78, 5) is 10.9. The van der Waals surface area contributed by atoms with Crippen molar-refractivity contribution in [2.24, 2.45) is 11.8 Å². The molecule has 0 aromatic heterocycles. The number of hydrogen-bond acceptors (Lipinski definition) is 2. The number of hydrogen-bond donors (Lipinski definition) is 0. The second-order valence-corrected chi connectivity index (χ2v) is 4.30. The van der Waals surface area contributed by atoms with Gasteiger partial charge in [0.25, 0.3) is 0 Å². The minimum atomic E-state index is 0.205. The normalized spacial score (nSPS) is 39.1. The van der Waals surface area contributed by atoms with Crippen LogP contribution in [0.15, 0.2) is 11.1 Å². The van der Waals surface area contributed by atoms with Crippen molar-refractivity contribution in [3.63, 3.8) is 0 Å². The minimum Gasteiger partial charge on any atom is -0.373 e. The molecular formula is C11H16O2. The standard InChI is InChI=1S/C11H16O2/c1-7-3-9(5-12)10(4-8(7)2)11-6-13-11/h5,9-11H,3-4,6H2,1-2H3/t9-,10+,11?/m0/s1. The summed E-state index contributed by atoms with van der Waals surface area (Å²) < 4.78 is 5.28. The Hall–Kier alpha value is -0.630. The van der Waals surface area contributed by atoms with Crippen LogP contribution in [0, 0.1) is 11.8 Å². The van der Waals surface area contributed by atoms with Gasteiger partial charge in [0.05, 0.1) is 12.7 Å². The number of aldehydes is 1. The SMILES string of the molecule is CC1=C(C)C[C@@H](C2CO2)[C@H](C=O)C1. The lowest BCUT2D eigenvalue weighted by atomic mass is 9.76. The van der Waals surface area contributed by atoms with E-state index in [1.54, 1.807) is 0 Å². The van der Waals surface area contributed by atoms with Crippen molar-refractivity contribution in [1.29, 1.82) is 0 Å². The summed E-state index contributed by atoms with van der Waals surface area (Å²) in [6, 6.07) is 0. The van der Waals surface area contributed by atoms with E-state index in [0.717, 1.165) is 25.7 Å². The minimum absolute atomic E-state index is 0.205.